The van der Waals surface area contributed by atoms with Crippen LogP contribution in [0.3, 0.4) is 0 Å². The fraction of sp³-hybridized carbons (Fsp3) is 0.467. The smallest absolute Gasteiger partial charge is 0.338 e. The van der Waals surface area contributed by atoms with Crippen LogP contribution in [-0.2, 0) is 20.8 Å². The second-order valence-corrected chi connectivity index (χ2v) is 4.83. The number of hydrogen-bond acceptors (Lipinski definition) is 5. The number of ether oxygens (including phenoxy) is 2. The Morgan fingerprint density at radius 2 is 1.90 bits per heavy atom. The highest BCUT2D eigenvalue weighted by atomic mass is 16.5. The first kappa shape index (κ1) is 15.5. The zero-order valence-corrected chi connectivity index (χ0v) is 12.1. The first-order chi connectivity index (χ1) is 10.2. The van der Waals surface area contributed by atoms with E-state index in [0.717, 1.165) is 38.4 Å². The van der Waals surface area contributed by atoms with E-state index in [9.17, 15) is 9.59 Å². The standard InChI is InChI=1S/C15H20N2O4/c1-16-14(18)11-21-15(19)13-4-2-12(3-5-13)10-17-6-8-20-9-7-17/h2-5H,6-11H2,1H3,(H,16,18). The zero-order chi connectivity index (χ0) is 15.1. The lowest BCUT2D eigenvalue weighted by molar-refractivity contribution is -0.123. The summed E-state index contributed by atoms with van der Waals surface area (Å²) in [7, 11) is 1.50. The molecule has 114 valence electrons. The number of rotatable bonds is 5. The Bertz CT molecular complexity index is 481. The van der Waals surface area contributed by atoms with E-state index in [1.807, 2.05) is 12.1 Å². The molecule has 6 nitrogen and oxygen atoms in total. The van der Waals surface area contributed by atoms with Gasteiger partial charge in [0.2, 0.25) is 0 Å². The second kappa shape index (κ2) is 7.75. The maximum absolute atomic E-state index is 11.7. The van der Waals surface area contributed by atoms with Crippen molar-refractivity contribution >= 4 is 11.9 Å². The molecule has 1 aliphatic rings. The highest BCUT2D eigenvalue weighted by Crippen LogP contribution is 2.10. The number of hydrogen-bond donors (Lipinski definition) is 1. The van der Waals surface area contributed by atoms with Gasteiger partial charge in [0, 0.05) is 26.7 Å². The van der Waals surface area contributed by atoms with E-state index in [1.54, 1.807) is 12.1 Å². The Balaban J connectivity index is 1.85. The van der Waals surface area contributed by atoms with Crippen molar-refractivity contribution in [3.05, 3.63) is 35.4 Å². The molecule has 2 rings (SSSR count). The van der Waals surface area contributed by atoms with Gasteiger partial charge < -0.3 is 14.8 Å². The Morgan fingerprint density at radius 1 is 1.24 bits per heavy atom. The molecule has 0 aliphatic carbocycles. The molecule has 0 spiro atoms. The number of carbonyl (C=O) groups is 2. The van der Waals surface area contributed by atoms with E-state index in [2.05, 4.69) is 10.2 Å². The van der Waals surface area contributed by atoms with Crippen LogP contribution in [0.25, 0.3) is 0 Å². The molecular weight excluding hydrogens is 272 g/mol. The molecule has 1 heterocycles. The van der Waals surface area contributed by atoms with Crippen LogP contribution in [0.1, 0.15) is 15.9 Å². The number of amides is 1. The van der Waals surface area contributed by atoms with Gasteiger partial charge in [0.25, 0.3) is 5.91 Å². The summed E-state index contributed by atoms with van der Waals surface area (Å²) in [5, 5.41) is 2.39. The highest BCUT2D eigenvalue weighted by Gasteiger charge is 2.12. The first-order valence-electron chi connectivity index (χ1n) is 6.96. The molecule has 1 N–H and O–H groups in total. The van der Waals surface area contributed by atoms with Crippen LogP contribution in [0.15, 0.2) is 24.3 Å². The summed E-state index contributed by atoms with van der Waals surface area (Å²) in [4.78, 5) is 25.1. The lowest BCUT2D eigenvalue weighted by Gasteiger charge is -2.26. The summed E-state index contributed by atoms with van der Waals surface area (Å²) >= 11 is 0. The molecule has 1 aromatic carbocycles. The van der Waals surface area contributed by atoms with Crippen molar-refractivity contribution in [2.24, 2.45) is 0 Å². The van der Waals surface area contributed by atoms with Crippen LogP contribution in [0.2, 0.25) is 0 Å². The van der Waals surface area contributed by atoms with Crippen LogP contribution >= 0.6 is 0 Å². The number of esters is 1. The SMILES string of the molecule is CNC(=O)COC(=O)c1ccc(CN2CCOCC2)cc1. The van der Waals surface area contributed by atoms with Crippen LogP contribution < -0.4 is 5.32 Å². The number of benzene rings is 1. The third-order valence-corrected chi connectivity index (χ3v) is 3.31. The maximum Gasteiger partial charge on any atom is 0.338 e. The lowest BCUT2D eigenvalue weighted by atomic mass is 10.1. The van der Waals surface area contributed by atoms with E-state index < -0.39 is 5.97 Å². The van der Waals surface area contributed by atoms with Crippen molar-refractivity contribution in [1.82, 2.24) is 10.2 Å². The average Bonchev–Trinajstić information content (AvgIpc) is 2.54. The quantitative estimate of drug-likeness (QED) is 0.797. The predicted octanol–water partition coefficient (Wildman–Crippen LogP) is 0.422. The van der Waals surface area contributed by atoms with Gasteiger partial charge in [-0.2, -0.15) is 0 Å². The van der Waals surface area contributed by atoms with Crippen molar-refractivity contribution < 1.29 is 19.1 Å². The number of nitrogens with zero attached hydrogens (tertiary/aromatic N) is 1. The minimum Gasteiger partial charge on any atom is -0.452 e. The van der Waals surface area contributed by atoms with Crippen LogP contribution in [-0.4, -0.2) is 56.7 Å². The number of carbonyl (C=O) groups excluding carboxylic acids is 2. The van der Waals surface area contributed by atoms with Gasteiger partial charge in [-0.05, 0) is 17.7 Å². The molecule has 0 aromatic heterocycles. The maximum atomic E-state index is 11.7. The van der Waals surface area contributed by atoms with Crippen molar-refractivity contribution in [1.29, 1.82) is 0 Å². The normalized spacial score (nSPS) is 15.5. The van der Waals surface area contributed by atoms with Gasteiger partial charge in [-0.1, -0.05) is 12.1 Å². The van der Waals surface area contributed by atoms with Gasteiger partial charge in [0.05, 0.1) is 18.8 Å². The summed E-state index contributed by atoms with van der Waals surface area (Å²) in [6, 6.07) is 7.27. The predicted molar refractivity (Wildman–Crippen MR) is 76.9 cm³/mol. The molecule has 0 bridgehead atoms. The van der Waals surface area contributed by atoms with Crippen LogP contribution in [0.5, 0.6) is 0 Å². The van der Waals surface area contributed by atoms with E-state index in [0.29, 0.717) is 5.56 Å². The van der Waals surface area contributed by atoms with Gasteiger partial charge in [-0.25, -0.2) is 4.79 Å². The minimum absolute atomic E-state index is 0.259. The monoisotopic (exact) mass is 292 g/mol. The molecule has 0 atom stereocenters. The fourth-order valence-electron chi connectivity index (χ4n) is 2.05. The Kier molecular flexibility index (Phi) is 5.71. The van der Waals surface area contributed by atoms with Gasteiger partial charge in [-0.3, -0.25) is 9.69 Å². The average molecular weight is 292 g/mol. The van der Waals surface area contributed by atoms with Gasteiger partial charge in [0.1, 0.15) is 0 Å². The molecule has 0 radical (unpaired) electrons. The fourth-order valence-corrected chi connectivity index (χ4v) is 2.05. The number of nitrogens with one attached hydrogen (secondary N) is 1. The molecule has 1 saturated heterocycles. The second-order valence-electron chi connectivity index (χ2n) is 4.83. The molecule has 1 fully saturated rings. The largest absolute Gasteiger partial charge is 0.452 e. The van der Waals surface area contributed by atoms with Crippen molar-refractivity contribution in [3.63, 3.8) is 0 Å². The van der Waals surface area contributed by atoms with E-state index in [-0.39, 0.29) is 12.5 Å². The molecule has 0 saturated carbocycles. The van der Waals surface area contributed by atoms with Crippen molar-refractivity contribution in [3.8, 4) is 0 Å². The molecule has 1 aromatic rings. The highest BCUT2D eigenvalue weighted by molar-refractivity contribution is 5.91. The molecule has 6 heteroatoms. The van der Waals surface area contributed by atoms with Crippen molar-refractivity contribution in [2.45, 2.75) is 6.54 Å². The van der Waals surface area contributed by atoms with Crippen LogP contribution in [0, 0.1) is 0 Å². The summed E-state index contributed by atoms with van der Waals surface area (Å²) in [6.07, 6.45) is 0. The zero-order valence-electron chi connectivity index (χ0n) is 12.1. The van der Waals surface area contributed by atoms with E-state index >= 15 is 0 Å². The molecule has 1 amide bonds. The summed E-state index contributed by atoms with van der Waals surface area (Å²) in [5.41, 5.74) is 1.59. The summed E-state index contributed by atoms with van der Waals surface area (Å²) in [5.74, 6) is -0.816. The van der Waals surface area contributed by atoms with Gasteiger partial charge in [0.15, 0.2) is 6.61 Å². The van der Waals surface area contributed by atoms with Crippen molar-refractivity contribution in [2.75, 3.05) is 40.0 Å². The van der Waals surface area contributed by atoms with Gasteiger partial charge >= 0.3 is 5.97 Å². The topological polar surface area (TPSA) is 67.9 Å². The van der Waals surface area contributed by atoms with E-state index in [4.69, 9.17) is 9.47 Å². The molecule has 0 unspecified atom stereocenters. The molecular formula is C15H20N2O4. The minimum atomic E-state index is -0.489. The first-order valence-corrected chi connectivity index (χ1v) is 6.96. The van der Waals surface area contributed by atoms with Gasteiger partial charge in [-0.15, -0.1) is 0 Å². The Hall–Kier alpha value is -1.92. The third-order valence-electron chi connectivity index (χ3n) is 3.31. The summed E-state index contributed by atoms with van der Waals surface area (Å²) in [6.45, 7) is 3.97. The Labute approximate surface area is 124 Å². The lowest BCUT2D eigenvalue weighted by Crippen LogP contribution is -2.35. The molecule has 21 heavy (non-hydrogen) atoms. The van der Waals surface area contributed by atoms with E-state index in [1.165, 1.54) is 7.05 Å². The van der Waals surface area contributed by atoms with Crippen LogP contribution in [0.4, 0.5) is 0 Å². The molecule has 1 aliphatic heterocycles. The number of morpholine rings is 1. The third kappa shape index (κ3) is 4.84. The summed E-state index contributed by atoms with van der Waals surface area (Å²) < 4.78 is 10.2. The Morgan fingerprint density at radius 3 is 2.52 bits per heavy atom. The number of likely N-dealkylation sites (N-methyl/N-ethyl adjacent to an activating group) is 1.